The molecule has 0 aromatic carbocycles. The van der Waals surface area contributed by atoms with Gasteiger partial charge in [-0.15, -0.1) is 0 Å². The molecule has 6 rings (SSSR count). The van der Waals surface area contributed by atoms with Gasteiger partial charge in [-0.1, -0.05) is 51.0 Å². The first-order valence-corrected chi connectivity index (χ1v) is 18.1. The summed E-state index contributed by atoms with van der Waals surface area (Å²) in [6, 6.07) is 0. The molecule has 8 atom stereocenters. The van der Waals surface area contributed by atoms with Crippen molar-refractivity contribution in [3.05, 3.63) is 47.6 Å². The minimum Gasteiger partial charge on any atom is -0.455 e. The SMILES string of the molecule is C=C1C(=O)O[C@H]2[C@H]1CC/C(C(=O)NCCCCCCCCNC(=O)/C1=C/CC[C@@]3(C)O[C@H]3[C@H]3OC(=O)C(=C)[C@@H]3CC1)=C\CC[C@@]1(C)O[C@@H]21. The smallest absolute Gasteiger partial charge is 0.334 e. The molecule has 4 saturated heterocycles. The number of carbonyl (C=O) groups excluding carboxylic acids is 4. The Morgan fingerprint density at radius 3 is 1.52 bits per heavy atom. The van der Waals surface area contributed by atoms with Gasteiger partial charge in [0.1, 0.15) is 24.4 Å². The molecule has 4 heterocycles. The summed E-state index contributed by atoms with van der Waals surface area (Å²) >= 11 is 0. The van der Waals surface area contributed by atoms with Crippen molar-refractivity contribution in [3.63, 3.8) is 0 Å². The predicted molar refractivity (Wildman–Crippen MR) is 178 cm³/mol. The third-order valence-corrected chi connectivity index (χ3v) is 11.4. The molecule has 2 N–H and O–H groups in total. The number of epoxide rings is 2. The van der Waals surface area contributed by atoms with E-state index in [1.807, 2.05) is 12.2 Å². The van der Waals surface area contributed by atoms with E-state index in [9.17, 15) is 19.2 Å². The van der Waals surface area contributed by atoms with Gasteiger partial charge in [0.15, 0.2) is 0 Å². The van der Waals surface area contributed by atoms with Gasteiger partial charge in [-0.3, -0.25) is 9.59 Å². The predicted octanol–water partition coefficient (Wildman–Crippen LogP) is 5.07. The summed E-state index contributed by atoms with van der Waals surface area (Å²) in [5, 5.41) is 6.19. The van der Waals surface area contributed by atoms with Crippen molar-refractivity contribution in [2.45, 2.75) is 139 Å². The fourth-order valence-electron chi connectivity index (χ4n) is 8.12. The first-order valence-electron chi connectivity index (χ1n) is 18.1. The van der Waals surface area contributed by atoms with Crippen molar-refractivity contribution in [1.29, 1.82) is 0 Å². The Morgan fingerprint density at radius 2 is 1.10 bits per heavy atom. The number of hydrogen-bond donors (Lipinski definition) is 2. The van der Waals surface area contributed by atoms with E-state index in [2.05, 4.69) is 37.6 Å². The van der Waals surface area contributed by atoms with E-state index in [1.165, 1.54) is 0 Å². The fourth-order valence-corrected chi connectivity index (χ4v) is 8.12. The summed E-state index contributed by atoms with van der Waals surface area (Å²) in [6.45, 7) is 13.3. The van der Waals surface area contributed by atoms with Crippen LogP contribution in [0.3, 0.4) is 0 Å². The highest BCUT2D eigenvalue weighted by atomic mass is 16.7. The van der Waals surface area contributed by atoms with Gasteiger partial charge in [0.05, 0.1) is 11.2 Å². The average Bonchev–Trinajstić information content (AvgIpc) is 3.87. The minimum absolute atomic E-state index is 0.0307. The van der Waals surface area contributed by atoms with Crippen LogP contribution in [0.15, 0.2) is 47.6 Å². The lowest BCUT2D eigenvalue weighted by Gasteiger charge is -2.20. The molecular formula is C38H52N2O8. The Balaban J connectivity index is 0.845. The Labute approximate surface area is 284 Å². The zero-order valence-corrected chi connectivity index (χ0v) is 28.6. The summed E-state index contributed by atoms with van der Waals surface area (Å²) in [5.41, 5.74) is 1.89. The molecule has 2 amide bonds. The number of hydrogen-bond acceptors (Lipinski definition) is 8. The van der Waals surface area contributed by atoms with Crippen molar-refractivity contribution in [3.8, 4) is 0 Å². The largest absolute Gasteiger partial charge is 0.455 e. The van der Waals surface area contributed by atoms with Gasteiger partial charge in [-0.2, -0.15) is 0 Å². The first kappa shape index (κ1) is 34.6. The van der Waals surface area contributed by atoms with Crippen molar-refractivity contribution in [1.82, 2.24) is 10.6 Å². The second kappa shape index (κ2) is 14.3. The van der Waals surface area contributed by atoms with Crippen molar-refractivity contribution in [2.75, 3.05) is 13.1 Å². The fraction of sp³-hybridized carbons (Fsp3) is 0.684. The maximum atomic E-state index is 13.0. The number of ether oxygens (including phenoxy) is 4. The molecule has 0 saturated carbocycles. The molecule has 10 nitrogen and oxygen atoms in total. The van der Waals surface area contributed by atoms with Crippen LogP contribution in [0.25, 0.3) is 0 Å². The standard InChI is InChI=1S/C38H52N2O8/c1-23-27-17-15-25(13-11-19-37(3)31(47-37)29(27)45-35(23)43)33(41)39-21-9-7-5-6-8-10-22-40-34(42)26-14-12-20-38(4)32(48-38)30-28(18-16-26)24(2)36(44)46-30/h13-14,27-32H,1-2,5-12,15-22H2,3-4H3,(H,39,41)(H,40,42)/b25-13+,26-14+/t27-,28-,29-,30-,31-,32-,37+,38+/m0/s1. The molecule has 0 aromatic rings. The lowest BCUT2D eigenvalue weighted by atomic mass is 9.83. The third kappa shape index (κ3) is 7.49. The number of allylic oxidation sites excluding steroid dienone is 2. The van der Waals surface area contributed by atoms with Crippen molar-refractivity contribution >= 4 is 23.8 Å². The van der Waals surface area contributed by atoms with Gasteiger partial charge in [-0.25, -0.2) is 9.59 Å². The van der Waals surface area contributed by atoms with E-state index in [4.69, 9.17) is 18.9 Å². The first-order chi connectivity index (χ1) is 23.0. The summed E-state index contributed by atoms with van der Waals surface area (Å²) in [5.74, 6) is -0.985. The van der Waals surface area contributed by atoms with E-state index >= 15 is 0 Å². The van der Waals surface area contributed by atoms with Crippen LogP contribution in [0, 0.1) is 11.8 Å². The molecule has 4 aliphatic heterocycles. The molecule has 6 aliphatic rings. The number of amides is 2. The Bertz CT molecular complexity index is 1300. The molecule has 0 aromatic heterocycles. The molecule has 10 heteroatoms. The molecule has 48 heavy (non-hydrogen) atoms. The number of esters is 2. The van der Waals surface area contributed by atoms with Crippen LogP contribution >= 0.6 is 0 Å². The van der Waals surface area contributed by atoms with Crippen LogP contribution in [0.2, 0.25) is 0 Å². The van der Waals surface area contributed by atoms with Gasteiger partial charge in [-0.05, 0) is 78.1 Å². The zero-order valence-electron chi connectivity index (χ0n) is 28.6. The maximum absolute atomic E-state index is 13.0. The Kier molecular flexibility index (Phi) is 10.3. The van der Waals surface area contributed by atoms with Gasteiger partial charge in [0.2, 0.25) is 11.8 Å². The molecule has 2 aliphatic carbocycles. The molecule has 4 fully saturated rings. The quantitative estimate of drug-likeness (QED) is 0.135. The normalized spacial score (nSPS) is 38.0. The lowest BCUT2D eigenvalue weighted by molar-refractivity contribution is -0.140. The molecule has 0 bridgehead atoms. The van der Waals surface area contributed by atoms with E-state index in [0.29, 0.717) is 49.9 Å². The van der Waals surface area contributed by atoms with Crippen LogP contribution < -0.4 is 10.6 Å². The summed E-state index contributed by atoms with van der Waals surface area (Å²) < 4.78 is 23.1. The van der Waals surface area contributed by atoms with Gasteiger partial charge >= 0.3 is 11.9 Å². The highest BCUT2D eigenvalue weighted by Gasteiger charge is 2.62. The van der Waals surface area contributed by atoms with E-state index < -0.39 is 0 Å². The van der Waals surface area contributed by atoms with Crippen molar-refractivity contribution < 1.29 is 38.1 Å². The number of carbonyl (C=O) groups is 4. The molecule has 0 unspecified atom stereocenters. The second-order valence-corrected chi connectivity index (χ2v) is 15.0. The average molecular weight is 665 g/mol. The second-order valence-electron chi connectivity index (χ2n) is 15.0. The number of rotatable bonds is 11. The monoisotopic (exact) mass is 664 g/mol. The van der Waals surface area contributed by atoms with E-state index in [0.717, 1.165) is 75.4 Å². The zero-order chi connectivity index (χ0) is 34.1. The molecule has 0 spiro atoms. The number of fused-ring (bicyclic) bond motifs is 6. The topological polar surface area (TPSA) is 136 Å². The lowest BCUT2D eigenvalue weighted by Crippen LogP contribution is -2.30. The number of unbranched alkanes of at least 4 members (excludes halogenated alkanes) is 5. The number of nitrogens with one attached hydrogen (secondary N) is 2. The maximum Gasteiger partial charge on any atom is 0.334 e. The van der Waals surface area contributed by atoms with Crippen LogP contribution in [0.5, 0.6) is 0 Å². The third-order valence-electron chi connectivity index (χ3n) is 11.4. The van der Waals surface area contributed by atoms with Crippen molar-refractivity contribution in [2.24, 2.45) is 11.8 Å². The molecule has 0 radical (unpaired) electrons. The summed E-state index contributed by atoms with van der Waals surface area (Å²) in [6.07, 6.45) is 14.9. The molecular weight excluding hydrogens is 612 g/mol. The minimum atomic E-state index is -0.345. The van der Waals surface area contributed by atoms with Gasteiger partial charge in [0.25, 0.3) is 0 Å². The van der Waals surface area contributed by atoms with Crippen LogP contribution in [-0.2, 0) is 38.1 Å². The van der Waals surface area contributed by atoms with E-state index in [1.54, 1.807) is 0 Å². The van der Waals surface area contributed by atoms with Gasteiger partial charge < -0.3 is 29.6 Å². The highest BCUT2D eigenvalue weighted by Crippen LogP contribution is 2.51. The summed E-state index contributed by atoms with van der Waals surface area (Å²) in [7, 11) is 0. The molecule has 262 valence electrons. The van der Waals surface area contributed by atoms with E-state index in [-0.39, 0.29) is 71.2 Å². The van der Waals surface area contributed by atoms with Crippen LogP contribution in [0.1, 0.15) is 104 Å². The summed E-state index contributed by atoms with van der Waals surface area (Å²) in [4.78, 5) is 50.5. The Morgan fingerprint density at radius 1 is 0.708 bits per heavy atom. The van der Waals surface area contributed by atoms with Crippen LogP contribution in [0.4, 0.5) is 0 Å². The van der Waals surface area contributed by atoms with Crippen LogP contribution in [-0.4, -0.2) is 72.5 Å². The van der Waals surface area contributed by atoms with Gasteiger partial charge in [0, 0.05) is 47.2 Å². The highest BCUT2D eigenvalue weighted by molar-refractivity contribution is 5.94. The Hall–Kier alpha value is -3.24.